The van der Waals surface area contributed by atoms with Crippen LogP contribution in [-0.4, -0.2) is 10.9 Å². The Hall–Kier alpha value is -2.29. The van der Waals surface area contributed by atoms with Gasteiger partial charge in [0.1, 0.15) is 5.75 Å². The third kappa shape index (κ3) is 2.28. The Morgan fingerprint density at radius 2 is 1.94 bits per heavy atom. The summed E-state index contributed by atoms with van der Waals surface area (Å²) in [5.74, 6) is 0.148. The van der Waals surface area contributed by atoms with E-state index in [1.807, 2.05) is 6.07 Å². The summed E-state index contributed by atoms with van der Waals surface area (Å²) in [6, 6.07) is 12.0. The zero-order valence-electron chi connectivity index (χ0n) is 9.47. The predicted molar refractivity (Wildman–Crippen MR) is 68.0 cm³/mol. The minimum Gasteiger partial charge on any atom is -0.507 e. The first kappa shape index (κ1) is 11.2. The van der Waals surface area contributed by atoms with E-state index in [4.69, 9.17) is 5.73 Å². The molecule has 0 spiro atoms. The van der Waals surface area contributed by atoms with Gasteiger partial charge in [-0.25, -0.2) is 0 Å². The molecule has 0 amide bonds. The van der Waals surface area contributed by atoms with Crippen LogP contribution in [-0.2, 0) is 0 Å². The molecule has 0 saturated carbocycles. The average molecular weight is 227 g/mol. The highest BCUT2D eigenvalue weighted by Crippen LogP contribution is 2.31. The fourth-order valence-electron chi connectivity index (χ4n) is 1.69. The lowest BCUT2D eigenvalue weighted by molar-refractivity contribution is 0.101. The lowest BCUT2D eigenvalue weighted by atomic mass is 10.0. The predicted octanol–water partition coefficient (Wildman–Crippen LogP) is 2.84. The van der Waals surface area contributed by atoms with Crippen molar-refractivity contribution in [2.75, 3.05) is 5.73 Å². The van der Waals surface area contributed by atoms with Crippen molar-refractivity contribution < 1.29 is 9.90 Å². The van der Waals surface area contributed by atoms with Crippen molar-refractivity contribution in [3.8, 4) is 16.9 Å². The van der Waals surface area contributed by atoms with E-state index in [1.165, 1.54) is 6.92 Å². The monoisotopic (exact) mass is 227 g/mol. The van der Waals surface area contributed by atoms with Crippen molar-refractivity contribution in [2.45, 2.75) is 6.92 Å². The molecule has 0 heterocycles. The van der Waals surface area contributed by atoms with Gasteiger partial charge in [-0.2, -0.15) is 0 Å². The Balaban J connectivity index is 2.56. The smallest absolute Gasteiger partial charge is 0.159 e. The van der Waals surface area contributed by atoms with Crippen LogP contribution < -0.4 is 5.73 Å². The first-order valence-corrected chi connectivity index (χ1v) is 5.28. The summed E-state index contributed by atoms with van der Waals surface area (Å²) in [5.41, 5.74) is 8.29. The Morgan fingerprint density at radius 1 is 1.18 bits per heavy atom. The Morgan fingerprint density at radius 3 is 2.65 bits per heavy atom. The Kier molecular flexibility index (Phi) is 2.83. The maximum Gasteiger partial charge on any atom is 0.159 e. The molecule has 2 aromatic carbocycles. The minimum atomic E-state index is -0.00440. The van der Waals surface area contributed by atoms with Gasteiger partial charge in [-0.05, 0) is 36.8 Å². The van der Waals surface area contributed by atoms with Crippen molar-refractivity contribution in [1.82, 2.24) is 0 Å². The van der Waals surface area contributed by atoms with Gasteiger partial charge in [0.15, 0.2) is 5.78 Å². The number of ketones is 1. The molecule has 3 heteroatoms. The molecule has 0 aromatic heterocycles. The van der Waals surface area contributed by atoms with E-state index in [1.54, 1.807) is 36.4 Å². The van der Waals surface area contributed by atoms with Crippen molar-refractivity contribution in [3.63, 3.8) is 0 Å². The summed E-state index contributed by atoms with van der Waals surface area (Å²) in [5, 5.41) is 9.78. The fraction of sp³-hybridized carbons (Fsp3) is 0.0714. The van der Waals surface area contributed by atoms with E-state index in [9.17, 15) is 9.90 Å². The van der Waals surface area contributed by atoms with Crippen LogP contribution in [0.1, 0.15) is 17.3 Å². The molecule has 3 N–H and O–H groups in total. The number of nitrogen functional groups attached to an aromatic ring is 1. The van der Waals surface area contributed by atoms with Gasteiger partial charge in [0, 0.05) is 16.8 Å². The molecule has 0 saturated heterocycles. The molecule has 2 rings (SSSR count). The third-order valence-electron chi connectivity index (χ3n) is 2.60. The normalized spacial score (nSPS) is 10.2. The average Bonchev–Trinajstić information content (AvgIpc) is 2.32. The third-order valence-corrected chi connectivity index (χ3v) is 2.60. The van der Waals surface area contributed by atoms with E-state index in [0.717, 1.165) is 5.56 Å². The summed E-state index contributed by atoms with van der Waals surface area (Å²) in [6.07, 6.45) is 0. The molecule has 0 bridgehead atoms. The van der Waals surface area contributed by atoms with Crippen LogP contribution in [0.4, 0.5) is 5.69 Å². The molecular formula is C14H13NO2. The molecule has 2 aromatic rings. The number of hydrogen-bond acceptors (Lipinski definition) is 3. The molecule has 0 fully saturated rings. The first-order valence-electron chi connectivity index (χ1n) is 5.28. The van der Waals surface area contributed by atoms with Crippen LogP contribution in [0.2, 0.25) is 0 Å². The number of hydrogen-bond donors (Lipinski definition) is 2. The number of aromatic hydroxyl groups is 1. The zero-order chi connectivity index (χ0) is 12.4. The summed E-state index contributed by atoms with van der Waals surface area (Å²) in [7, 11) is 0. The van der Waals surface area contributed by atoms with Crippen LogP contribution in [0.3, 0.4) is 0 Å². The van der Waals surface area contributed by atoms with Gasteiger partial charge in [0.05, 0.1) is 0 Å². The van der Waals surface area contributed by atoms with Crippen LogP contribution in [0, 0.1) is 0 Å². The minimum absolute atomic E-state index is 0.00440. The van der Waals surface area contributed by atoms with E-state index < -0.39 is 0 Å². The molecule has 0 aliphatic carbocycles. The van der Waals surface area contributed by atoms with Crippen LogP contribution in [0.25, 0.3) is 11.1 Å². The number of phenolic OH excluding ortho intramolecular Hbond substituents is 1. The van der Waals surface area contributed by atoms with E-state index >= 15 is 0 Å². The van der Waals surface area contributed by atoms with Gasteiger partial charge in [0.2, 0.25) is 0 Å². The number of Topliss-reactive ketones (excluding diaryl/α,β-unsaturated/α-hetero) is 1. The molecule has 17 heavy (non-hydrogen) atoms. The highest BCUT2D eigenvalue weighted by molar-refractivity contribution is 5.95. The van der Waals surface area contributed by atoms with Gasteiger partial charge in [-0.15, -0.1) is 0 Å². The van der Waals surface area contributed by atoms with E-state index in [2.05, 4.69) is 0 Å². The van der Waals surface area contributed by atoms with Gasteiger partial charge in [0.25, 0.3) is 0 Å². The first-order chi connectivity index (χ1) is 8.08. The topological polar surface area (TPSA) is 63.3 Å². The van der Waals surface area contributed by atoms with Gasteiger partial charge in [-0.1, -0.05) is 18.2 Å². The van der Waals surface area contributed by atoms with Crippen LogP contribution in [0.15, 0.2) is 42.5 Å². The maximum atomic E-state index is 11.3. The van der Waals surface area contributed by atoms with Crippen LogP contribution in [0.5, 0.6) is 5.75 Å². The molecule has 0 atom stereocenters. The maximum absolute atomic E-state index is 11.3. The number of carbonyl (C=O) groups excluding carboxylic acids is 1. The highest BCUT2D eigenvalue weighted by atomic mass is 16.3. The second-order valence-electron chi connectivity index (χ2n) is 3.91. The molecule has 0 radical (unpaired) electrons. The van der Waals surface area contributed by atoms with Gasteiger partial charge in [-0.3, -0.25) is 4.79 Å². The fourth-order valence-corrected chi connectivity index (χ4v) is 1.69. The molecule has 0 aliphatic heterocycles. The van der Waals surface area contributed by atoms with E-state index in [-0.39, 0.29) is 11.5 Å². The van der Waals surface area contributed by atoms with Crippen molar-refractivity contribution in [2.24, 2.45) is 0 Å². The van der Waals surface area contributed by atoms with Gasteiger partial charge < -0.3 is 10.8 Å². The Bertz CT molecular complexity index is 576. The molecule has 86 valence electrons. The molecular weight excluding hydrogens is 214 g/mol. The number of anilines is 1. The van der Waals surface area contributed by atoms with Crippen molar-refractivity contribution >= 4 is 11.5 Å². The summed E-state index contributed by atoms with van der Waals surface area (Å²) in [6.45, 7) is 1.51. The van der Waals surface area contributed by atoms with E-state index in [0.29, 0.717) is 16.8 Å². The second kappa shape index (κ2) is 4.29. The number of nitrogens with two attached hydrogens (primary N) is 1. The molecule has 0 unspecified atom stereocenters. The summed E-state index contributed by atoms with van der Waals surface area (Å²) < 4.78 is 0. The van der Waals surface area contributed by atoms with Gasteiger partial charge >= 0.3 is 0 Å². The van der Waals surface area contributed by atoms with Crippen molar-refractivity contribution in [3.05, 3.63) is 48.0 Å². The number of rotatable bonds is 2. The quantitative estimate of drug-likeness (QED) is 0.471. The molecule has 0 aliphatic rings. The number of benzene rings is 2. The SMILES string of the molecule is CC(=O)c1cccc(-c2cc(N)ccc2O)c1. The zero-order valence-corrected chi connectivity index (χ0v) is 9.47. The largest absolute Gasteiger partial charge is 0.507 e. The lowest BCUT2D eigenvalue weighted by Crippen LogP contribution is -1.92. The Labute approximate surface area is 99.5 Å². The second-order valence-corrected chi connectivity index (χ2v) is 3.91. The standard InChI is InChI=1S/C14H13NO2/c1-9(16)10-3-2-4-11(7-10)13-8-12(15)5-6-14(13)17/h2-8,17H,15H2,1H3. The molecule has 3 nitrogen and oxygen atoms in total. The number of carbonyl (C=O) groups is 1. The lowest BCUT2D eigenvalue weighted by Gasteiger charge is -2.07. The summed E-state index contributed by atoms with van der Waals surface area (Å²) in [4.78, 5) is 11.3. The van der Waals surface area contributed by atoms with Crippen LogP contribution >= 0.6 is 0 Å². The summed E-state index contributed by atoms with van der Waals surface area (Å²) >= 11 is 0. The van der Waals surface area contributed by atoms with Crippen molar-refractivity contribution in [1.29, 1.82) is 0 Å². The number of phenols is 1. The highest BCUT2D eigenvalue weighted by Gasteiger charge is 2.07.